The van der Waals surface area contributed by atoms with Gasteiger partial charge < -0.3 is 14.8 Å². The van der Waals surface area contributed by atoms with E-state index in [0.29, 0.717) is 31.7 Å². The second-order valence-electron chi connectivity index (χ2n) is 4.30. The van der Waals surface area contributed by atoms with Crippen LogP contribution < -0.4 is 5.56 Å². The van der Waals surface area contributed by atoms with Crippen molar-refractivity contribution in [2.24, 2.45) is 0 Å². The van der Waals surface area contributed by atoms with Crippen molar-refractivity contribution in [2.45, 2.75) is 6.92 Å². The largest absolute Gasteiger partial charge is 0.342 e. The van der Waals surface area contributed by atoms with Gasteiger partial charge in [-0.05, 0) is 18.6 Å². The summed E-state index contributed by atoms with van der Waals surface area (Å²) in [6.45, 7) is 3.69. The Kier molecular flexibility index (Phi) is 3.45. The summed E-state index contributed by atoms with van der Waals surface area (Å²) >= 11 is 0. The van der Waals surface area contributed by atoms with Crippen LogP contribution in [0.4, 0.5) is 0 Å². The molecule has 1 N–H and O–H groups in total. The van der Waals surface area contributed by atoms with Crippen molar-refractivity contribution in [3.63, 3.8) is 0 Å². The first-order chi connectivity index (χ1) is 8.63. The Hall–Kier alpha value is -2.11. The molecule has 0 bridgehead atoms. The fourth-order valence-electron chi connectivity index (χ4n) is 2.03. The Labute approximate surface area is 104 Å². The zero-order valence-corrected chi connectivity index (χ0v) is 10.2. The maximum Gasteiger partial charge on any atom is 0.261 e. The molecule has 6 heteroatoms. The number of hydrogen-bond acceptors (Lipinski definition) is 3. The van der Waals surface area contributed by atoms with Gasteiger partial charge in [-0.15, -0.1) is 0 Å². The van der Waals surface area contributed by atoms with Gasteiger partial charge in [-0.25, -0.2) is 0 Å². The number of aryl methyl sites for hydroxylation is 1. The Morgan fingerprint density at radius 1 is 1.33 bits per heavy atom. The number of hydrogen-bond donors (Lipinski definition) is 1. The van der Waals surface area contributed by atoms with Crippen molar-refractivity contribution in [3.8, 4) is 0 Å². The molecule has 2 rings (SSSR count). The van der Waals surface area contributed by atoms with E-state index in [1.807, 2.05) is 0 Å². The van der Waals surface area contributed by atoms with Crippen LogP contribution in [0.5, 0.6) is 0 Å². The zero-order chi connectivity index (χ0) is 13.1. The molecule has 0 spiro atoms. The van der Waals surface area contributed by atoms with Gasteiger partial charge >= 0.3 is 0 Å². The van der Waals surface area contributed by atoms with Crippen LogP contribution in [0.3, 0.4) is 0 Å². The minimum Gasteiger partial charge on any atom is -0.342 e. The topological polar surface area (TPSA) is 73.5 Å². The number of carbonyl (C=O) groups excluding carboxylic acids is 2. The summed E-state index contributed by atoms with van der Waals surface area (Å²) in [4.78, 5) is 40.2. The van der Waals surface area contributed by atoms with E-state index in [9.17, 15) is 14.4 Å². The number of aromatic nitrogens is 1. The monoisotopic (exact) mass is 249 g/mol. The lowest BCUT2D eigenvalue weighted by molar-refractivity contribution is -0.119. The Balaban J connectivity index is 2.18. The molecule has 2 heterocycles. The van der Waals surface area contributed by atoms with Crippen LogP contribution in [-0.4, -0.2) is 53.3 Å². The molecule has 6 nitrogen and oxygen atoms in total. The van der Waals surface area contributed by atoms with Gasteiger partial charge in [-0.3, -0.25) is 14.4 Å². The molecule has 0 aromatic carbocycles. The summed E-state index contributed by atoms with van der Waals surface area (Å²) in [6.07, 6.45) is 2.31. The molecule has 2 amide bonds. The number of amides is 2. The molecule has 1 aliphatic rings. The predicted octanol–water partition coefficient (Wildman–Crippen LogP) is -0.402. The van der Waals surface area contributed by atoms with E-state index >= 15 is 0 Å². The summed E-state index contributed by atoms with van der Waals surface area (Å²) in [5.41, 5.74) is 0.497. The maximum atomic E-state index is 12.2. The summed E-state index contributed by atoms with van der Waals surface area (Å²) in [6, 6.07) is 1.70. The van der Waals surface area contributed by atoms with E-state index in [-0.39, 0.29) is 17.0 Å². The maximum absolute atomic E-state index is 12.2. The van der Waals surface area contributed by atoms with Crippen LogP contribution in [0.1, 0.15) is 15.9 Å². The van der Waals surface area contributed by atoms with Gasteiger partial charge in [-0.2, -0.15) is 0 Å². The highest BCUT2D eigenvalue weighted by Crippen LogP contribution is 2.08. The van der Waals surface area contributed by atoms with Crippen molar-refractivity contribution < 1.29 is 9.59 Å². The van der Waals surface area contributed by atoms with Gasteiger partial charge in [0.25, 0.3) is 11.5 Å². The second kappa shape index (κ2) is 5.03. The molecule has 1 aliphatic heterocycles. The molecular weight excluding hydrogens is 234 g/mol. The number of carbonyl (C=O) groups is 2. The molecular formula is C12H15N3O3. The Morgan fingerprint density at radius 3 is 2.56 bits per heavy atom. The lowest BCUT2D eigenvalue weighted by atomic mass is 10.1. The van der Waals surface area contributed by atoms with Gasteiger partial charge in [-0.1, -0.05) is 0 Å². The van der Waals surface area contributed by atoms with E-state index in [1.165, 1.54) is 6.20 Å². The normalized spacial score (nSPS) is 15.6. The van der Waals surface area contributed by atoms with Crippen molar-refractivity contribution in [2.75, 3.05) is 26.2 Å². The van der Waals surface area contributed by atoms with Gasteiger partial charge in [0, 0.05) is 32.4 Å². The van der Waals surface area contributed by atoms with Crippen molar-refractivity contribution in [1.82, 2.24) is 14.8 Å². The van der Waals surface area contributed by atoms with Crippen LogP contribution in [0.2, 0.25) is 0 Å². The second-order valence-corrected chi connectivity index (χ2v) is 4.30. The lowest BCUT2D eigenvalue weighted by Crippen LogP contribution is -2.49. The van der Waals surface area contributed by atoms with Crippen LogP contribution in [0.25, 0.3) is 0 Å². The molecule has 0 radical (unpaired) electrons. The lowest BCUT2D eigenvalue weighted by Gasteiger charge is -2.32. The molecule has 0 aliphatic carbocycles. The minimum atomic E-state index is -0.363. The third-order valence-corrected chi connectivity index (χ3v) is 3.13. The zero-order valence-electron chi connectivity index (χ0n) is 10.2. The average molecular weight is 249 g/mol. The molecule has 0 unspecified atom stereocenters. The van der Waals surface area contributed by atoms with Gasteiger partial charge in [0.05, 0.1) is 0 Å². The summed E-state index contributed by atoms with van der Waals surface area (Å²) in [7, 11) is 0. The third kappa shape index (κ3) is 2.27. The van der Waals surface area contributed by atoms with Gasteiger partial charge in [0.15, 0.2) is 0 Å². The molecule has 1 fully saturated rings. The first kappa shape index (κ1) is 12.3. The van der Waals surface area contributed by atoms with Gasteiger partial charge in [0.2, 0.25) is 6.41 Å². The van der Waals surface area contributed by atoms with E-state index in [2.05, 4.69) is 4.98 Å². The molecule has 1 saturated heterocycles. The SMILES string of the molecule is Cc1cc[nH]c(=O)c1C(=O)N1CCN(C=O)CC1. The van der Waals surface area contributed by atoms with Crippen molar-refractivity contribution in [1.29, 1.82) is 0 Å². The smallest absolute Gasteiger partial charge is 0.261 e. The standard InChI is InChI=1S/C12H15N3O3/c1-9-2-3-13-11(17)10(9)12(18)15-6-4-14(8-16)5-7-15/h2-3,8H,4-7H2,1H3,(H,13,17). The van der Waals surface area contributed by atoms with Crippen molar-refractivity contribution in [3.05, 3.63) is 33.7 Å². The number of H-pyrrole nitrogens is 1. The summed E-state index contributed by atoms with van der Waals surface area (Å²) in [5.74, 6) is -0.264. The fourth-order valence-corrected chi connectivity index (χ4v) is 2.03. The highest BCUT2D eigenvalue weighted by atomic mass is 16.2. The fraction of sp³-hybridized carbons (Fsp3) is 0.417. The van der Waals surface area contributed by atoms with E-state index in [0.717, 1.165) is 6.41 Å². The third-order valence-electron chi connectivity index (χ3n) is 3.13. The van der Waals surface area contributed by atoms with Crippen LogP contribution in [0.15, 0.2) is 17.1 Å². The molecule has 96 valence electrons. The number of aromatic amines is 1. The molecule has 1 aromatic rings. The minimum absolute atomic E-state index is 0.192. The summed E-state index contributed by atoms with van der Waals surface area (Å²) < 4.78 is 0. The average Bonchev–Trinajstić information content (AvgIpc) is 2.38. The predicted molar refractivity (Wildman–Crippen MR) is 65.3 cm³/mol. The first-order valence-electron chi connectivity index (χ1n) is 5.80. The summed E-state index contributed by atoms with van der Waals surface area (Å²) in [5, 5.41) is 0. The number of nitrogens with zero attached hydrogens (tertiary/aromatic N) is 2. The molecule has 18 heavy (non-hydrogen) atoms. The number of piperazine rings is 1. The highest BCUT2D eigenvalue weighted by molar-refractivity contribution is 5.95. The van der Waals surface area contributed by atoms with Crippen LogP contribution in [0, 0.1) is 6.92 Å². The first-order valence-corrected chi connectivity index (χ1v) is 5.80. The highest BCUT2D eigenvalue weighted by Gasteiger charge is 2.24. The van der Waals surface area contributed by atoms with Crippen LogP contribution in [-0.2, 0) is 4.79 Å². The molecule has 0 atom stereocenters. The van der Waals surface area contributed by atoms with Crippen molar-refractivity contribution >= 4 is 12.3 Å². The Bertz CT molecular complexity index is 516. The van der Waals surface area contributed by atoms with E-state index < -0.39 is 0 Å². The van der Waals surface area contributed by atoms with Crippen LogP contribution >= 0.6 is 0 Å². The molecule has 1 aromatic heterocycles. The van der Waals surface area contributed by atoms with Gasteiger partial charge in [0.1, 0.15) is 5.56 Å². The quantitative estimate of drug-likeness (QED) is 0.725. The number of pyridine rings is 1. The number of rotatable bonds is 2. The molecule has 0 saturated carbocycles. The van der Waals surface area contributed by atoms with E-state index in [4.69, 9.17) is 0 Å². The Morgan fingerprint density at radius 2 is 2.00 bits per heavy atom. The van der Waals surface area contributed by atoms with E-state index in [1.54, 1.807) is 22.8 Å². The number of nitrogens with one attached hydrogen (secondary N) is 1.